The molecule has 0 aliphatic heterocycles. The van der Waals surface area contributed by atoms with E-state index >= 15 is 0 Å². The molecule has 2 rings (SSSR count). The molecule has 0 heterocycles. The molecule has 0 aliphatic rings. The van der Waals surface area contributed by atoms with Crippen molar-refractivity contribution in [2.75, 3.05) is 29.0 Å². The van der Waals surface area contributed by atoms with Gasteiger partial charge in [-0.15, -0.1) is 0 Å². The van der Waals surface area contributed by atoms with Crippen LogP contribution in [0.2, 0.25) is 5.02 Å². The van der Waals surface area contributed by atoms with Gasteiger partial charge in [0.05, 0.1) is 28.2 Å². The van der Waals surface area contributed by atoms with Crippen LogP contribution in [0.1, 0.15) is 20.8 Å². The van der Waals surface area contributed by atoms with Crippen LogP contribution >= 0.6 is 11.6 Å². The van der Waals surface area contributed by atoms with Gasteiger partial charge in [-0.1, -0.05) is 18.5 Å². The van der Waals surface area contributed by atoms with Crippen molar-refractivity contribution in [2.45, 2.75) is 26.8 Å². The molecule has 0 radical (unpaired) electrons. The Kier molecular flexibility index (Phi) is 8.68. The Morgan fingerprint density at radius 3 is 2.16 bits per heavy atom. The van der Waals surface area contributed by atoms with Gasteiger partial charge in [-0.3, -0.25) is 29.4 Å². The van der Waals surface area contributed by atoms with Crippen LogP contribution in [0.4, 0.5) is 22.7 Å². The van der Waals surface area contributed by atoms with E-state index in [-0.39, 0.29) is 34.8 Å². The lowest BCUT2D eigenvalue weighted by atomic mass is 10.2. The Balaban J connectivity index is 1.97. The van der Waals surface area contributed by atoms with Gasteiger partial charge < -0.3 is 16.0 Å². The summed E-state index contributed by atoms with van der Waals surface area (Å²) in [6.07, 6.45) is 0. The number of nitrogens with zero attached hydrogens (tertiary/aromatic N) is 2. The van der Waals surface area contributed by atoms with Gasteiger partial charge >= 0.3 is 0 Å². The first kappa shape index (κ1) is 24.8. The van der Waals surface area contributed by atoms with Crippen molar-refractivity contribution in [3.8, 4) is 0 Å². The van der Waals surface area contributed by atoms with Crippen molar-refractivity contribution in [1.82, 2.24) is 4.90 Å². The number of carbonyl (C=O) groups excluding carboxylic acids is 3. The fourth-order valence-corrected chi connectivity index (χ4v) is 3.09. The first-order chi connectivity index (χ1) is 15.1. The van der Waals surface area contributed by atoms with E-state index in [2.05, 4.69) is 16.0 Å². The zero-order valence-electron chi connectivity index (χ0n) is 17.8. The van der Waals surface area contributed by atoms with E-state index in [4.69, 9.17) is 11.6 Å². The van der Waals surface area contributed by atoms with Crippen LogP contribution in [0.5, 0.6) is 0 Å². The second-order valence-electron chi connectivity index (χ2n) is 6.96. The number of hydrogen-bond donors (Lipinski definition) is 3. The number of non-ortho nitro benzene ring substituents is 1. The summed E-state index contributed by atoms with van der Waals surface area (Å²) < 4.78 is 0. The number of likely N-dealkylation sites (N-methyl/N-ethyl adjacent to an activating group) is 1. The van der Waals surface area contributed by atoms with Crippen LogP contribution in [0, 0.1) is 10.1 Å². The number of nitro groups is 1. The van der Waals surface area contributed by atoms with Crippen molar-refractivity contribution in [3.63, 3.8) is 0 Å². The van der Waals surface area contributed by atoms with Crippen LogP contribution in [-0.4, -0.2) is 46.7 Å². The largest absolute Gasteiger partial charge is 0.326 e. The SMILES string of the molecule is CCN(CC(=O)Nc1ccc(NC(C)=O)cc1)C(C)C(=O)Nc1ccc([N+](=O)[O-])cc1Cl. The maximum Gasteiger partial charge on any atom is 0.271 e. The number of hydrogen-bond acceptors (Lipinski definition) is 6. The van der Waals surface area contributed by atoms with Crippen LogP contribution in [-0.2, 0) is 14.4 Å². The topological polar surface area (TPSA) is 134 Å². The molecule has 170 valence electrons. The predicted octanol–water partition coefficient (Wildman–Crippen LogP) is 3.49. The van der Waals surface area contributed by atoms with E-state index in [9.17, 15) is 24.5 Å². The van der Waals surface area contributed by atoms with Crippen molar-refractivity contribution >= 4 is 52.1 Å². The van der Waals surface area contributed by atoms with E-state index < -0.39 is 16.9 Å². The molecular weight excluding hydrogens is 438 g/mol. The van der Waals surface area contributed by atoms with E-state index in [1.807, 2.05) is 6.92 Å². The summed E-state index contributed by atoms with van der Waals surface area (Å²) in [6.45, 7) is 5.26. The molecule has 0 aromatic heterocycles. The van der Waals surface area contributed by atoms with Gasteiger partial charge in [-0.05, 0) is 43.8 Å². The Bertz CT molecular complexity index is 1010. The van der Waals surface area contributed by atoms with E-state index in [1.54, 1.807) is 36.1 Å². The van der Waals surface area contributed by atoms with Crippen molar-refractivity contribution in [3.05, 3.63) is 57.6 Å². The minimum atomic E-state index is -0.667. The number of amides is 3. The zero-order chi connectivity index (χ0) is 23.8. The summed E-state index contributed by atoms with van der Waals surface area (Å²) in [5, 5.41) is 18.9. The predicted molar refractivity (Wildman–Crippen MR) is 123 cm³/mol. The standard InChI is InChI=1S/C21H24ClN5O5/c1-4-26(12-20(29)24-16-7-5-15(6-8-16)23-14(3)28)13(2)21(30)25-19-10-9-17(27(31)32)11-18(19)22/h5-11,13H,4,12H2,1-3H3,(H,23,28)(H,24,29)(H,25,30). The molecule has 10 nitrogen and oxygen atoms in total. The van der Waals surface area contributed by atoms with Gasteiger partial charge in [-0.2, -0.15) is 0 Å². The fourth-order valence-electron chi connectivity index (χ4n) is 2.87. The molecule has 2 aromatic carbocycles. The Morgan fingerprint density at radius 2 is 1.66 bits per heavy atom. The molecule has 32 heavy (non-hydrogen) atoms. The quantitative estimate of drug-likeness (QED) is 0.386. The third-order valence-electron chi connectivity index (χ3n) is 4.59. The summed E-state index contributed by atoms with van der Waals surface area (Å²) in [7, 11) is 0. The lowest BCUT2D eigenvalue weighted by Gasteiger charge is -2.26. The first-order valence-electron chi connectivity index (χ1n) is 9.77. The molecular formula is C21H24ClN5O5. The van der Waals surface area contributed by atoms with Crippen LogP contribution < -0.4 is 16.0 Å². The van der Waals surface area contributed by atoms with Crippen molar-refractivity contribution in [2.24, 2.45) is 0 Å². The molecule has 1 atom stereocenters. The summed E-state index contributed by atoms with van der Waals surface area (Å²) in [4.78, 5) is 48.1. The normalized spacial score (nSPS) is 11.5. The van der Waals surface area contributed by atoms with Gasteiger partial charge in [0.1, 0.15) is 0 Å². The average molecular weight is 462 g/mol. The molecule has 0 bridgehead atoms. The Hall–Kier alpha value is -3.50. The van der Waals surface area contributed by atoms with E-state index in [1.165, 1.54) is 19.1 Å². The number of halogens is 1. The number of nitrogens with one attached hydrogen (secondary N) is 3. The Labute approximate surface area is 190 Å². The summed E-state index contributed by atoms with van der Waals surface area (Å²) in [5.41, 5.74) is 1.22. The maximum absolute atomic E-state index is 12.6. The molecule has 3 N–H and O–H groups in total. The number of carbonyl (C=O) groups is 3. The van der Waals surface area contributed by atoms with Gasteiger partial charge in [0.2, 0.25) is 17.7 Å². The number of anilines is 3. The minimum Gasteiger partial charge on any atom is -0.326 e. The molecule has 11 heteroatoms. The highest BCUT2D eigenvalue weighted by Crippen LogP contribution is 2.27. The highest BCUT2D eigenvalue weighted by atomic mass is 35.5. The van der Waals surface area contributed by atoms with Gasteiger partial charge in [-0.25, -0.2) is 0 Å². The van der Waals surface area contributed by atoms with Crippen molar-refractivity contribution in [1.29, 1.82) is 0 Å². The number of nitro benzene ring substituents is 1. The molecule has 0 fully saturated rings. The molecule has 2 aromatic rings. The second-order valence-corrected chi connectivity index (χ2v) is 7.36. The zero-order valence-corrected chi connectivity index (χ0v) is 18.6. The van der Waals surface area contributed by atoms with Crippen LogP contribution in [0.3, 0.4) is 0 Å². The van der Waals surface area contributed by atoms with Gasteiger partial charge in [0, 0.05) is 30.4 Å². The third kappa shape index (κ3) is 7.03. The number of benzene rings is 2. The maximum atomic E-state index is 12.6. The van der Waals surface area contributed by atoms with Gasteiger partial charge in [0.25, 0.3) is 5.69 Å². The molecule has 0 saturated heterocycles. The highest BCUT2D eigenvalue weighted by molar-refractivity contribution is 6.34. The molecule has 3 amide bonds. The molecule has 0 spiro atoms. The monoisotopic (exact) mass is 461 g/mol. The average Bonchev–Trinajstić information content (AvgIpc) is 2.73. The fraction of sp³-hybridized carbons (Fsp3) is 0.286. The smallest absolute Gasteiger partial charge is 0.271 e. The van der Waals surface area contributed by atoms with Gasteiger partial charge in [0.15, 0.2) is 0 Å². The van der Waals surface area contributed by atoms with Crippen molar-refractivity contribution < 1.29 is 19.3 Å². The second kappa shape index (κ2) is 11.2. The summed E-state index contributed by atoms with van der Waals surface area (Å²) >= 11 is 6.03. The highest BCUT2D eigenvalue weighted by Gasteiger charge is 2.23. The lowest BCUT2D eigenvalue weighted by molar-refractivity contribution is -0.384. The third-order valence-corrected chi connectivity index (χ3v) is 4.90. The molecule has 0 aliphatic carbocycles. The lowest BCUT2D eigenvalue weighted by Crippen LogP contribution is -2.45. The molecule has 0 saturated carbocycles. The molecule has 1 unspecified atom stereocenters. The summed E-state index contributed by atoms with van der Waals surface area (Å²) in [6, 6.07) is 9.74. The van der Waals surface area contributed by atoms with Crippen LogP contribution in [0.15, 0.2) is 42.5 Å². The minimum absolute atomic E-state index is 0.0352. The van der Waals surface area contributed by atoms with E-state index in [0.717, 1.165) is 6.07 Å². The Morgan fingerprint density at radius 1 is 1.06 bits per heavy atom. The number of rotatable bonds is 9. The van der Waals surface area contributed by atoms with Crippen LogP contribution in [0.25, 0.3) is 0 Å². The summed E-state index contributed by atoms with van der Waals surface area (Å²) in [5.74, 6) is -0.912. The first-order valence-corrected chi connectivity index (χ1v) is 10.1. The van der Waals surface area contributed by atoms with E-state index in [0.29, 0.717) is 17.9 Å².